The second-order valence-corrected chi connectivity index (χ2v) is 9.43. The molecule has 4 N–H and O–H groups in total. The summed E-state index contributed by atoms with van der Waals surface area (Å²) in [5.41, 5.74) is 6.58. The Hall–Kier alpha value is -1.32. The first-order chi connectivity index (χ1) is 14.9. The van der Waals surface area contributed by atoms with E-state index in [2.05, 4.69) is 26.5 Å². The molecule has 0 radical (unpaired) electrons. The van der Waals surface area contributed by atoms with Crippen molar-refractivity contribution in [2.45, 2.75) is 102 Å². The van der Waals surface area contributed by atoms with Crippen LogP contribution in [0.4, 0.5) is 8.78 Å². The number of carbonyl (C=O) groups excluding carboxylic acids is 1. The van der Waals surface area contributed by atoms with Crippen molar-refractivity contribution >= 4 is 11.9 Å². The van der Waals surface area contributed by atoms with Crippen molar-refractivity contribution in [3.63, 3.8) is 0 Å². The molecular formula is C22H39F2N5O2. The summed E-state index contributed by atoms with van der Waals surface area (Å²) in [4.78, 5) is 17.2. The molecule has 2 saturated carbocycles. The number of amides is 1. The van der Waals surface area contributed by atoms with E-state index in [-0.39, 0.29) is 30.1 Å². The van der Waals surface area contributed by atoms with Crippen LogP contribution in [0.5, 0.6) is 0 Å². The van der Waals surface area contributed by atoms with Crippen molar-refractivity contribution in [2.75, 3.05) is 13.2 Å². The van der Waals surface area contributed by atoms with Gasteiger partial charge in [0.1, 0.15) is 12.3 Å². The summed E-state index contributed by atoms with van der Waals surface area (Å²) in [5.74, 6) is 0.597. The lowest BCUT2D eigenvalue weighted by atomic mass is 9.82. The number of guanidine groups is 1. The lowest BCUT2D eigenvalue weighted by Crippen LogP contribution is -2.52. The third-order valence-electron chi connectivity index (χ3n) is 6.60. The molecule has 1 aliphatic heterocycles. The van der Waals surface area contributed by atoms with Gasteiger partial charge >= 0.3 is 0 Å². The maximum absolute atomic E-state index is 13.5. The molecule has 1 saturated heterocycles. The molecule has 31 heavy (non-hydrogen) atoms. The van der Waals surface area contributed by atoms with Crippen molar-refractivity contribution in [3.8, 4) is 0 Å². The Morgan fingerprint density at radius 1 is 1.03 bits per heavy atom. The molecule has 0 aromatic carbocycles. The zero-order valence-electron chi connectivity index (χ0n) is 18.8. The Kier molecular flexibility index (Phi) is 9.47. The van der Waals surface area contributed by atoms with E-state index in [1.54, 1.807) is 0 Å². The number of hydrazine groups is 1. The summed E-state index contributed by atoms with van der Waals surface area (Å²) in [6.45, 7) is 4.84. The van der Waals surface area contributed by atoms with Gasteiger partial charge in [-0.25, -0.2) is 14.2 Å². The third kappa shape index (κ3) is 7.95. The molecule has 2 aliphatic carbocycles. The SMILES string of the molecule is CC(C)OCCN=C(NC(=O)C1CCC(F)CC1)NC1CC(C2CCC(F)CC2)NN1. The predicted molar refractivity (Wildman–Crippen MR) is 117 cm³/mol. The number of halogens is 2. The second kappa shape index (κ2) is 12.1. The molecule has 0 aromatic heterocycles. The molecule has 1 amide bonds. The van der Waals surface area contributed by atoms with E-state index in [1.807, 2.05) is 13.8 Å². The molecule has 2 atom stereocenters. The van der Waals surface area contributed by atoms with Gasteiger partial charge in [-0.3, -0.25) is 20.5 Å². The van der Waals surface area contributed by atoms with Gasteiger partial charge in [0, 0.05) is 12.0 Å². The Labute approximate surface area is 184 Å². The van der Waals surface area contributed by atoms with E-state index >= 15 is 0 Å². The number of hydrogen-bond donors (Lipinski definition) is 4. The predicted octanol–water partition coefficient (Wildman–Crippen LogP) is 2.72. The van der Waals surface area contributed by atoms with Gasteiger partial charge in [0.15, 0.2) is 5.96 Å². The second-order valence-electron chi connectivity index (χ2n) is 9.43. The average molecular weight is 444 g/mol. The highest BCUT2D eigenvalue weighted by Gasteiger charge is 2.34. The maximum atomic E-state index is 13.5. The highest BCUT2D eigenvalue weighted by molar-refractivity contribution is 5.98. The first-order valence-electron chi connectivity index (χ1n) is 11.9. The Morgan fingerprint density at radius 2 is 1.68 bits per heavy atom. The fourth-order valence-electron chi connectivity index (χ4n) is 4.73. The molecule has 3 aliphatic rings. The molecule has 0 aromatic rings. The minimum Gasteiger partial charge on any atom is -0.377 e. The molecule has 0 spiro atoms. The van der Waals surface area contributed by atoms with Crippen LogP contribution in [0.1, 0.15) is 71.6 Å². The fourth-order valence-corrected chi connectivity index (χ4v) is 4.73. The van der Waals surface area contributed by atoms with Gasteiger partial charge in [-0.1, -0.05) is 0 Å². The standard InChI is InChI=1S/C22H39F2N5O2/c1-14(2)31-12-11-25-22(27-21(30)16-5-9-18(24)10-6-16)26-20-13-19(28-29-20)15-3-7-17(23)8-4-15/h14-20,28-29H,3-13H2,1-2H3,(H2,25,26,27,30). The summed E-state index contributed by atoms with van der Waals surface area (Å²) >= 11 is 0. The number of carbonyl (C=O) groups is 1. The molecule has 7 nitrogen and oxygen atoms in total. The lowest BCUT2D eigenvalue weighted by molar-refractivity contribution is -0.124. The van der Waals surface area contributed by atoms with Gasteiger partial charge in [-0.15, -0.1) is 0 Å². The minimum atomic E-state index is -0.790. The summed E-state index contributed by atoms with van der Waals surface area (Å²) in [5, 5.41) is 6.22. The van der Waals surface area contributed by atoms with Gasteiger partial charge in [0.2, 0.25) is 5.91 Å². The summed E-state index contributed by atoms with van der Waals surface area (Å²) in [6.07, 6.45) is 4.51. The number of nitrogens with one attached hydrogen (secondary N) is 4. The van der Waals surface area contributed by atoms with Crippen molar-refractivity contribution < 1.29 is 18.3 Å². The Bertz CT molecular complexity index is 590. The minimum absolute atomic E-state index is 0.0836. The first-order valence-corrected chi connectivity index (χ1v) is 11.9. The van der Waals surface area contributed by atoms with Gasteiger partial charge < -0.3 is 10.1 Å². The van der Waals surface area contributed by atoms with Crippen molar-refractivity contribution in [1.82, 2.24) is 21.5 Å². The molecule has 3 fully saturated rings. The van der Waals surface area contributed by atoms with E-state index in [0.717, 1.165) is 19.3 Å². The zero-order chi connectivity index (χ0) is 22.2. The topological polar surface area (TPSA) is 86.8 Å². The van der Waals surface area contributed by atoms with E-state index in [9.17, 15) is 13.6 Å². The molecule has 3 rings (SSSR count). The van der Waals surface area contributed by atoms with Crippen LogP contribution in [0, 0.1) is 11.8 Å². The quantitative estimate of drug-likeness (QED) is 0.276. The van der Waals surface area contributed by atoms with Gasteiger partial charge in [0.05, 0.1) is 25.4 Å². The van der Waals surface area contributed by atoms with Crippen LogP contribution in [-0.4, -0.2) is 55.7 Å². The Balaban J connectivity index is 1.52. The summed E-state index contributed by atoms with van der Waals surface area (Å²) < 4.78 is 32.4. The summed E-state index contributed by atoms with van der Waals surface area (Å²) in [7, 11) is 0. The fraction of sp³-hybridized carbons (Fsp3) is 0.909. The molecule has 9 heteroatoms. The molecule has 2 unspecified atom stereocenters. The number of hydrogen-bond acceptors (Lipinski definition) is 5. The van der Waals surface area contributed by atoms with Gasteiger partial charge in [0.25, 0.3) is 0 Å². The molecule has 178 valence electrons. The van der Waals surface area contributed by atoms with Crippen LogP contribution in [0.15, 0.2) is 4.99 Å². The van der Waals surface area contributed by atoms with Crippen molar-refractivity contribution in [1.29, 1.82) is 0 Å². The van der Waals surface area contributed by atoms with E-state index in [0.29, 0.717) is 63.6 Å². The van der Waals surface area contributed by atoms with Crippen LogP contribution in [0.3, 0.4) is 0 Å². The molecular weight excluding hydrogens is 404 g/mol. The highest BCUT2D eigenvalue weighted by atomic mass is 19.1. The van der Waals surface area contributed by atoms with Crippen molar-refractivity contribution in [2.24, 2.45) is 16.8 Å². The number of ether oxygens (including phenoxy) is 1. The van der Waals surface area contributed by atoms with Crippen LogP contribution in [-0.2, 0) is 9.53 Å². The monoisotopic (exact) mass is 443 g/mol. The van der Waals surface area contributed by atoms with Crippen molar-refractivity contribution in [3.05, 3.63) is 0 Å². The van der Waals surface area contributed by atoms with Crippen LogP contribution < -0.4 is 21.5 Å². The van der Waals surface area contributed by atoms with Crippen LogP contribution in [0.25, 0.3) is 0 Å². The molecule has 0 bridgehead atoms. The number of aliphatic imine (C=N–C) groups is 1. The van der Waals surface area contributed by atoms with Crippen LogP contribution in [0.2, 0.25) is 0 Å². The molecule has 1 heterocycles. The van der Waals surface area contributed by atoms with Gasteiger partial charge in [-0.2, -0.15) is 0 Å². The van der Waals surface area contributed by atoms with Gasteiger partial charge in [-0.05, 0) is 77.6 Å². The van der Waals surface area contributed by atoms with E-state index < -0.39 is 12.3 Å². The lowest BCUT2D eigenvalue weighted by Gasteiger charge is -2.28. The maximum Gasteiger partial charge on any atom is 0.229 e. The van der Waals surface area contributed by atoms with Crippen LogP contribution >= 0.6 is 0 Å². The van der Waals surface area contributed by atoms with E-state index in [4.69, 9.17) is 4.74 Å². The zero-order valence-corrected chi connectivity index (χ0v) is 18.8. The van der Waals surface area contributed by atoms with E-state index in [1.165, 1.54) is 0 Å². The highest BCUT2D eigenvalue weighted by Crippen LogP contribution is 2.31. The smallest absolute Gasteiger partial charge is 0.229 e. The third-order valence-corrected chi connectivity index (χ3v) is 6.60. The first kappa shape index (κ1) is 24.3. The number of rotatable bonds is 7. The normalized spacial score (nSPS) is 34.7. The average Bonchev–Trinajstić information content (AvgIpc) is 3.20. The summed E-state index contributed by atoms with van der Waals surface area (Å²) in [6, 6.07) is 0.269. The largest absolute Gasteiger partial charge is 0.377 e. The number of alkyl halides is 2. The Morgan fingerprint density at radius 3 is 2.32 bits per heavy atom. The number of nitrogens with zero attached hydrogens (tertiary/aromatic N) is 1.